The largest absolute Gasteiger partial charge is 0.493 e. The van der Waals surface area contributed by atoms with Gasteiger partial charge in [0.25, 0.3) is 0 Å². The third kappa shape index (κ3) is 12.1. The Labute approximate surface area is 288 Å². The van der Waals surface area contributed by atoms with Gasteiger partial charge < -0.3 is 34.7 Å². The van der Waals surface area contributed by atoms with E-state index in [0.29, 0.717) is 37.6 Å². The molecule has 1 aromatic carbocycles. The number of carbonyl (C=O) groups is 3. The van der Waals surface area contributed by atoms with E-state index in [9.17, 15) is 14.4 Å². The Morgan fingerprint density at radius 1 is 1.00 bits per heavy atom. The molecule has 48 heavy (non-hydrogen) atoms. The van der Waals surface area contributed by atoms with Crippen LogP contribution in [0.3, 0.4) is 0 Å². The zero-order valence-corrected chi connectivity index (χ0v) is 31.5. The first-order valence-corrected chi connectivity index (χ1v) is 17.4. The van der Waals surface area contributed by atoms with Crippen LogP contribution in [-0.2, 0) is 30.2 Å². The summed E-state index contributed by atoms with van der Waals surface area (Å²) in [6.07, 6.45) is 1.65. The Hall–Kier alpha value is -3.05. The molecule has 11 heteroatoms. The molecule has 0 bridgehead atoms. The van der Waals surface area contributed by atoms with Crippen LogP contribution in [0, 0.1) is 29.6 Å². The maximum absolute atomic E-state index is 13.9. The molecule has 0 unspecified atom stereocenters. The topological polar surface area (TPSA) is 139 Å². The van der Waals surface area contributed by atoms with Gasteiger partial charge in [-0.3, -0.25) is 14.5 Å². The third-order valence-electron chi connectivity index (χ3n) is 9.03. The molecular formula is C37H63N3O8. The first-order chi connectivity index (χ1) is 22.3. The number of nitrogens with zero attached hydrogens (tertiary/aromatic N) is 1. The van der Waals surface area contributed by atoms with Crippen molar-refractivity contribution in [1.82, 2.24) is 10.2 Å². The summed E-state index contributed by atoms with van der Waals surface area (Å²) >= 11 is 0. The summed E-state index contributed by atoms with van der Waals surface area (Å²) in [5, 5.41) is 2.92. The van der Waals surface area contributed by atoms with Crippen LogP contribution in [0.25, 0.3) is 0 Å². The van der Waals surface area contributed by atoms with Gasteiger partial charge in [0.1, 0.15) is 11.3 Å². The standard InChI is InChI=1S/C37H63N3O8/c1-23(2)27(18-26-14-15-30(45-12)32(19-26)46-17-13-16-44-11)20-29-31(47-37(9,10)40(29)35(43)48-36(6,7)8)21-28(24(3)4)34(42)39-22-25(5)33(38)41/h14-15,19,23-25,27-29,31H,13,16-18,20-22H2,1-12H3,(H2,38,41)(H,39,42)/t25-,27+,28+,29+,31+/m1/s1. The monoisotopic (exact) mass is 677 g/mol. The normalized spacial score (nSPS) is 19.6. The number of ether oxygens (including phenoxy) is 5. The number of carbonyl (C=O) groups excluding carboxylic acids is 3. The molecule has 3 amide bonds. The maximum Gasteiger partial charge on any atom is 0.412 e. The van der Waals surface area contributed by atoms with Gasteiger partial charge in [0.2, 0.25) is 11.8 Å². The lowest BCUT2D eigenvalue weighted by Gasteiger charge is -2.37. The Morgan fingerprint density at radius 2 is 1.67 bits per heavy atom. The fourth-order valence-electron chi connectivity index (χ4n) is 6.17. The van der Waals surface area contributed by atoms with E-state index in [0.717, 1.165) is 18.4 Å². The number of hydrogen-bond acceptors (Lipinski definition) is 8. The second-order valence-corrected chi connectivity index (χ2v) is 15.3. The van der Waals surface area contributed by atoms with E-state index >= 15 is 0 Å². The molecule has 3 N–H and O–H groups in total. The Morgan fingerprint density at radius 3 is 2.21 bits per heavy atom. The van der Waals surface area contributed by atoms with Crippen molar-refractivity contribution in [2.45, 2.75) is 118 Å². The van der Waals surface area contributed by atoms with Crippen LogP contribution in [0.1, 0.15) is 94.1 Å². The van der Waals surface area contributed by atoms with Crippen LogP contribution in [0.5, 0.6) is 11.5 Å². The number of hydrogen-bond donors (Lipinski definition) is 2. The van der Waals surface area contributed by atoms with Gasteiger partial charge in [-0.25, -0.2) is 4.79 Å². The molecule has 0 saturated carbocycles. The highest BCUT2D eigenvalue weighted by Crippen LogP contribution is 2.41. The highest BCUT2D eigenvalue weighted by molar-refractivity contribution is 5.81. The van der Waals surface area contributed by atoms with E-state index in [-0.39, 0.29) is 36.2 Å². The van der Waals surface area contributed by atoms with Crippen LogP contribution in [0.15, 0.2) is 18.2 Å². The summed E-state index contributed by atoms with van der Waals surface area (Å²) in [7, 11) is 3.30. The van der Waals surface area contributed by atoms with Crippen LogP contribution >= 0.6 is 0 Å². The van der Waals surface area contributed by atoms with Gasteiger partial charge in [-0.15, -0.1) is 0 Å². The lowest BCUT2D eigenvalue weighted by molar-refractivity contribution is -0.129. The zero-order chi connectivity index (χ0) is 36.4. The van der Waals surface area contributed by atoms with Crippen LogP contribution in [0.2, 0.25) is 0 Å². The predicted octanol–water partition coefficient (Wildman–Crippen LogP) is 5.96. The molecule has 0 aliphatic carbocycles. The summed E-state index contributed by atoms with van der Waals surface area (Å²) < 4.78 is 29.4. The molecule has 2 rings (SSSR count). The lowest BCUT2D eigenvalue weighted by atomic mass is 9.80. The molecule has 1 saturated heterocycles. The van der Waals surface area contributed by atoms with Crippen molar-refractivity contribution in [2.75, 3.05) is 34.0 Å². The Balaban J connectivity index is 2.45. The molecule has 0 aromatic heterocycles. The minimum Gasteiger partial charge on any atom is -0.493 e. The van der Waals surface area contributed by atoms with Gasteiger partial charge in [0.05, 0.1) is 31.8 Å². The van der Waals surface area contributed by atoms with E-state index in [2.05, 4.69) is 25.2 Å². The second-order valence-electron chi connectivity index (χ2n) is 15.3. The van der Waals surface area contributed by atoms with Crippen molar-refractivity contribution in [2.24, 2.45) is 35.3 Å². The number of nitrogens with two attached hydrogens (primary N) is 1. The summed E-state index contributed by atoms with van der Waals surface area (Å²) in [5.74, 6) is 0.228. The Bertz CT molecular complexity index is 1200. The molecular weight excluding hydrogens is 614 g/mol. The van der Waals surface area contributed by atoms with E-state index in [1.807, 2.05) is 60.6 Å². The molecule has 1 aliphatic rings. The van der Waals surface area contributed by atoms with Crippen molar-refractivity contribution in [1.29, 1.82) is 0 Å². The molecule has 0 radical (unpaired) electrons. The number of benzene rings is 1. The van der Waals surface area contributed by atoms with E-state index in [1.165, 1.54) is 0 Å². The number of methoxy groups -OCH3 is 2. The van der Waals surface area contributed by atoms with Crippen molar-refractivity contribution < 1.29 is 38.1 Å². The number of primary amides is 1. The fraction of sp³-hybridized carbons (Fsp3) is 0.757. The quantitative estimate of drug-likeness (QED) is 0.182. The number of amides is 3. The van der Waals surface area contributed by atoms with Crippen molar-refractivity contribution in [3.05, 3.63) is 23.8 Å². The second kappa shape index (κ2) is 18.1. The fourth-order valence-corrected chi connectivity index (χ4v) is 6.17. The van der Waals surface area contributed by atoms with Crippen molar-refractivity contribution in [3.63, 3.8) is 0 Å². The van der Waals surface area contributed by atoms with Gasteiger partial charge >= 0.3 is 6.09 Å². The first-order valence-electron chi connectivity index (χ1n) is 17.4. The summed E-state index contributed by atoms with van der Waals surface area (Å²) in [5.41, 5.74) is 4.85. The predicted molar refractivity (Wildman–Crippen MR) is 187 cm³/mol. The molecule has 1 aromatic rings. The highest BCUT2D eigenvalue weighted by Gasteiger charge is 2.52. The van der Waals surface area contributed by atoms with Crippen LogP contribution in [0.4, 0.5) is 4.79 Å². The molecule has 11 nitrogen and oxygen atoms in total. The van der Waals surface area contributed by atoms with E-state index in [1.54, 1.807) is 26.0 Å². The average Bonchev–Trinajstić information content (AvgIpc) is 3.23. The third-order valence-corrected chi connectivity index (χ3v) is 9.03. The molecule has 274 valence electrons. The van der Waals surface area contributed by atoms with Gasteiger partial charge in [0, 0.05) is 32.6 Å². The highest BCUT2D eigenvalue weighted by atomic mass is 16.6. The smallest absolute Gasteiger partial charge is 0.412 e. The molecule has 1 fully saturated rings. The zero-order valence-electron chi connectivity index (χ0n) is 31.5. The van der Waals surface area contributed by atoms with E-state index < -0.39 is 41.3 Å². The Kier molecular flexibility index (Phi) is 15.5. The SMILES string of the molecule is COCCCOc1cc(C[C@@H](C[C@H]2[C@H](C[C@H](C(=O)NC[C@@H](C)C(N)=O)C(C)C)OC(C)(C)N2C(=O)OC(C)(C)C)C(C)C)ccc1OC. The lowest BCUT2D eigenvalue weighted by Crippen LogP contribution is -2.51. The number of nitrogens with one attached hydrogen (secondary N) is 1. The van der Waals surface area contributed by atoms with Gasteiger partial charge in [0.15, 0.2) is 11.5 Å². The molecule has 0 spiro atoms. The minimum absolute atomic E-state index is 0.0145. The summed E-state index contributed by atoms with van der Waals surface area (Å²) in [6, 6.07) is 5.66. The van der Waals surface area contributed by atoms with Crippen molar-refractivity contribution in [3.8, 4) is 11.5 Å². The minimum atomic E-state index is -0.971. The summed E-state index contributed by atoms with van der Waals surface area (Å²) in [6.45, 7) is 20.7. The van der Waals surface area contributed by atoms with Crippen LogP contribution in [-0.4, -0.2) is 80.3 Å². The van der Waals surface area contributed by atoms with Crippen molar-refractivity contribution >= 4 is 17.9 Å². The molecule has 5 atom stereocenters. The van der Waals surface area contributed by atoms with Gasteiger partial charge in [-0.2, -0.15) is 0 Å². The van der Waals surface area contributed by atoms with Crippen LogP contribution < -0.4 is 20.5 Å². The van der Waals surface area contributed by atoms with E-state index in [4.69, 9.17) is 29.4 Å². The molecule has 1 aliphatic heterocycles. The number of rotatable bonds is 18. The molecule has 1 heterocycles. The van der Waals surface area contributed by atoms with Gasteiger partial charge in [-0.1, -0.05) is 40.7 Å². The first kappa shape index (κ1) is 41.1. The average molecular weight is 678 g/mol. The maximum atomic E-state index is 13.9. The summed E-state index contributed by atoms with van der Waals surface area (Å²) in [4.78, 5) is 40.7. The van der Waals surface area contributed by atoms with Gasteiger partial charge in [-0.05, 0) is 89.3 Å².